The minimum absolute atomic E-state index is 0.0213. The zero-order valence-corrected chi connectivity index (χ0v) is 16.6. The summed E-state index contributed by atoms with van der Waals surface area (Å²) < 4.78 is 0. The second kappa shape index (κ2) is 8.25. The monoisotopic (exact) mass is 375 g/mol. The molecule has 1 aromatic rings. The summed E-state index contributed by atoms with van der Waals surface area (Å²) in [7, 11) is 0. The fourth-order valence-electron chi connectivity index (χ4n) is 4.52. The quantitative estimate of drug-likeness (QED) is 0.639. The Bertz CT molecular complexity index is 660. The summed E-state index contributed by atoms with van der Waals surface area (Å²) in [6.07, 6.45) is 3.42. The van der Waals surface area contributed by atoms with Gasteiger partial charge in [0.1, 0.15) is 0 Å². The molecule has 148 valence electrons. The Kier molecular flexibility index (Phi) is 5.99. The molecule has 3 rings (SSSR count). The van der Waals surface area contributed by atoms with Crippen LogP contribution in [-0.4, -0.2) is 60.0 Å². The lowest BCUT2D eigenvalue weighted by atomic mass is 9.96. The van der Waals surface area contributed by atoms with Crippen LogP contribution < -0.4 is 9.80 Å². The van der Waals surface area contributed by atoms with E-state index in [1.54, 1.807) is 12.1 Å². The van der Waals surface area contributed by atoms with Crippen LogP contribution in [0.25, 0.3) is 0 Å². The molecule has 2 aliphatic heterocycles. The van der Waals surface area contributed by atoms with Crippen molar-refractivity contribution in [1.29, 1.82) is 0 Å². The molecule has 0 spiro atoms. The van der Waals surface area contributed by atoms with E-state index in [1.807, 2.05) is 12.1 Å². The number of carbonyl (C=O) groups is 1. The minimum Gasteiger partial charge on any atom is -0.360 e. The van der Waals surface area contributed by atoms with Gasteiger partial charge in [0, 0.05) is 29.9 Å². The highest BCUT2D eigenvalue weighted by molar-refractivity contribution is 5.80. The van der Waals surface area contributed by atoms with Gasteiger partial charge < -0.3 is 14.7 Å². The molecule has 1 amide bonds. The Labute approximate surface area is 161 Å². The zero-order valence-electron chi connectivity index (χ0n) is 16.6. The Morgan fingerprint density at radius 3 is 2.22 bits per heavy atom. The maximum absolute atomic E-state index is 13.1. The van der Waals surface area contributed by atoms with Crippen molar-refractivity contribution in [2.45, 2.75) is 58.2 Å². The van der Waals surface area contributed by atoms with Crippen molar-refractivity contribution in [3.05, 3.63) is 34.4 Å². The van der Waals surface area contributed by atoms with E-state index in [0.717, 1.165) is 44.7 Å². The molecule has 1 N–H and O–H groups in total. The van der Waals surface area contributed by atoms with Gasteiger partial charge in [-0.15, -0.1) is 0 Å². The fraction of sp³-hybridized carbons (Fsp3) is 0.650. The highest BCUT2D eigenvalue weighted by Gasteiger charge is 2.37. The van der Waals surface area contributed by atoms with Crippen LogP contribution in [0.3, 0.4) is 0 Å². The van der Waals surface area contributed by atoms with E-state index in [-0.39, 0.29) is 22.6 Å². The van der Waals surface area contributed by atoms with Crippen molar-refractivity contribution in [3.8, 4) is 0 Å². The van der Waals surface area contributed by atoms with Crippen LogP contribution in [0.15, 0.2) is 24.3 Å². The average Bonchev–Trinajstić information content (AvgIpc) is 2.67. The number of amides is 1. The normalized spacial score (nSPS) is 25.3. The molecule has 0 aromatic heterocycles. The summed E-state index contributed by atoms with van der Waals surface area (Å²) in [5.74, 6) is 0.286. The number of piperazine rings is 1. The molecule has 0 bridgehead atoms. The molecule has 0 unspecified atom stereocenters. The number of non-ortho nitro benzene ring substituents is 1. The van der Waals surface area contributed by atoms with Crippen LogP contribution in [0.4, 0.5) is 11.4 Å². The van der Waals surface area contributed by atoms with E-state index >= 15 is 0 Å². The lowest BCUT2D eigenvalue weighted by molar-refractivity contribution is -0.915. The van der Waals surface area contributed by atoms with E-state index in [0.29, 0.717) is 12.1 Å². The van der Waals surface area contributed by atoms with E-state index in [1.165, 1.54) is 11.3 Å². The van der Waals surface area contributed by atoms with Crippen LogP contribution in [0.5, 0.6) is 0 Å². The predicted molar refractivity (Wildman–Crippen MR) is 105 cm³/mol. The maximum atomic E-state index is 13.1. The Morgan fingerprint density at radius 2 is 1.70 bits per heavy atom. The first kappa shape index (κ1) is 19.6. The highest BCUT2D eigenvalue weighted by atomic mass is 16.6. The summed E-state index contributed by atoms with van der Waals surface area (Å²) in [4.78, 5) is 29.2. The number of piperidine rings is 1. The molecule has 2 aliphatic rings. The molecular weight excluding hydrogens is 344 g/mol. The third kappa shape index (κ3) is 4.24. The third-order valence-corrected chi connectivity index (χ3v) is 6.26. The first-order valence-corrected chi connectivity index (χ1v) is 10.0. The molecule has 0 aliphatic carbocycles. The maximum Gasteiger partial charge on any atom is 0.281 e. The van der Waals surface area contributed by atoms with Gasteiger partial charge in [-0.3, -0.25) is 14.9 Å². The number of hydrogen-bond donors (Lipinski definition) is 1. The lowest BCUT2D eigenvalue weighted by Crippen LogP contribution is -3.19. The number of nitro benzene ring substituents is 1. The van der Waals surface area contributed by atoms with Gasteiger partial charge in [0.2, 0.25) is 0 Å². The number of quaternary nitrogens is 1. The van der Waals surface area contributed by atoms with Gasteiger partial charge in [-0.25, -0.2) is 0 Å². The second-order valence-electron chi connectivity index (χ2n) is 8.01. The molecule has 0 saturated carbocycles. The number of rotatable bonds is 4. The van der Waals surface area contributed by atoms with Crippen molar-refractivity contribution in [2.24, 2.45) is 0 Å². The first-order valence-electron chi connectivity index (χ1n) is 10.0. The number of likely N-dealkylation sites (tertiary alicyclic amines) is 1. The number of anilines is 1. The molecule has 7 heteroatoms. The summed E-state index contributed by atoms with van der Waals surface area (Å²) in [5.41, 5.74) is 1.13. The van der Waals surface area contributed by atoms with Crippen molar-refractivity contribution in [2.75, 3.05) is 31.1 Å². The molecule has 3 atom stereocenters. The highest BCUT2D eigenvalue weighted by Crippen LogP contribution is 2.23. The minimum atomic E-state index is -0.373. The molecule has 2 fully saturated rings. The largest absolute Gasteiger partial charge is 0.360 e. The summed E-state index contributed by atoms with van der Waals surface area (Å²) in [6.45, 7) is 9.92. The molecule has 0 radical (unpaired) electrons. The Morgan fingerprint density at radius 1 is 1.15 bits per heavy atom. The zero-order chi connectivity index (χ0) is 19.6. The van der Waals surface area contributed by atoms with E-state index in [4.69, 9.17) is 0 Å². The molecule has 27 heavy (non-hydrogen) atoms. The van der Waals surface area contributed by atoms with Gasteiger partial charge in [0.15, 0.2) is 6.04 Å². The van der Waals surface area contributed by atoms with Crippen LogP contribution in [-0.2, 0) is 4.79 Å². The van der Waals surface area contributed by atoms with E-state index in [9.17, 15) is 14.9 Å². The van der Waals surface area contributed by atoms with E-state index in [2.05, 4.69) is 30.6 Å². The second-order valence-corrected chi connectivity index (χ2v) is 8.01. The average molecular weight is 375 g/mol. The molecule has 2 saturated heterocycles. The van der Waals surface area contributed by atoms with Crippen LogP contribution in [0.2, 0.25) is 0 Å². The van der Waals surface area contributed by atoms with Gasteiger partial charge in [-0.1, -0.05) is 0 Å². The van der Waals surface area contributed by atoms with Crippen LogP contribution >= 0.6 is 0 Å². The summed E-state index contributed by atoms with van der Waals surface area (Å²) >= 11 is 0. The van der Waals surface area contributed by atoms with Gasteiger partial charge in [-0.2, -0.15) is 0 Å². The first-order chi connectivity index (χ1) is 12.9. The topological polar surface area (TPSA) is 71.1 Å². The Hall–Kier alpha value is -2.15. The van der Waals surface area contributed by atoms with Gasteiger partial charge in [-0.05, 0) is 52.2 Å². The summed E-state index contributed by atoms with van der Waals surface area (Å²) in [5, 5.41) is 10.8. The number of benzene rings is 1. The Balaban J connectivity index is 1.58. The van der Waals surface area contributed by atoms with Crippen molar-refractivity contribution >= 4 is 17.3 Å². The third-order valence-electron chi connectivity index (χ3n) is 6.26. The molecule has 7 nitrogen and oxygen atoms in total. The standard InChI is InChI=1S/C20H30N4O3/c1-15-5-4-6-16(2)23(15)20(25)17(3)21-11-13-22(14-12-21)18-7-9-19(10-8-18)24(26)27/h7-10,15-17H,4-6,11-14H2,1-3H3/p+1/t15-,16-,17-/m1/s1. The number of nitro groups is 1. The van der Waals surface area contributed by atoms with Crippen molar-refractivity contribution in [3.63, 3.8) is 0 Å². The predicted octanol–water partition coefficient (Wildman–Crippen LogP) is 1.48. The van der Waals surface area contributed by atoms with Crippen molar-refractivity contribution in [1.82, 2.24) is 4.90 Å². The summed E-state index contributed by atoms with van der Waals surface area (Å²) in [6, 6.07) is 7.39. The smallest absolute Gasteiger partial charge is 0.281 e. The van der Waals surface area contributed by atoms with Crippen LogP contribution in [0.1, 0.15) is 40.0 Å². The molecule has 2 heterocycles. The van der Waals surface area contributed by atoms with Gasteiger partial charge in [0.05, 0.1) is 31.1 Å². The fourth-order valence-corrected chi connectivity index (χ4v) is 4.52. The number of carbonyl (C=O) groups excluding carboxylic acids is 1. The molecular formula is C20H31N4O3+. The van der Waals surface area contributed by atoms with Crippen LogP contribution in [0, 0.1) is 10.1 Å². The van der Waals surface area contributed by atoms with Gasteiger partial charge in [0.25, 0.3) is 11.6 Å². The molecule has 1 aromatic carbocycles. The SMILES string of the molecule is C[C@@H]1CCC[C@@H](C)N1C(=O)[C@@H](C)[NH+]1CCN(c2ccc([N+](=O)[O-])cc2)CC1. The van der Waals surface area contributed by atoms with E-state index < -0.39 is 0 Å². The number of hydrogen-bond acceptors (Lipinski definition) is 4. The number of nitrogens with zero attached hydrogens (tertiary/aromatic N) is 3. The number of nitrogens with one attached hydrogen (secondary N) is 1. The van der Waals surface area contributed by atoms with Crippen molar-refractivity contribution < 1.29 is 14.6 Å². The van der Waals surface area contributed by atoms with Gasteiger partial charge >= 0.3 is 0 Å². The lowest BCUT2D eigenvalue weighted by Gasteiger charge is -2.42.